The van der Waals surface area contributed by atoms with Crippen LogP contribution < -0.4 is 9.64 Å². The first kappa shape index (κ1) is 15.3. The van der Waals surface area contributed by atoms with Gasteiger partial charge in [0.05, 0.1) is 18.9 Å². The highest BCUT2D eigenvalue weighted by molar-refractivity contribution is 6.02. The van der Waals surface area contributed by atoms with Gasteiger partial charge in [-0.2, -0.15) is 0 Å². The number of rotatable bonds is 3. The van der Waals surface area contributed by atoms with Crippen LogP contribution in [0.2, 0.25) is 0 Å². The number of hydrogen-bond donors (Lipinski definition) is 0. The van der Waals surface area contributed by atoms with Gasteiger partial charge in [0.15, 0.2) is 5.60 Å². The number of morpholine rings is 1. The third-order valence-electron chi connectivity index (χ3n) is 4.27. The smallest absolute Gasteiger partial charge is 0.270 e. The van der Waals surface area contributed by atoms with E-state index in [0.717, 1.165) is 49.8 Å². The van der Waals surface area contributed by atoms with Gasteiger partial charge in [-0.1, -0.05) is 6.07 Å². The van der Waals surface area contributed by atoms with E-state index < -0.39 is 5.60 Å². The number of ether oxygens (including phenoxy) is 2. The summed E-state index contributed by atoms with van der Waals surface area (Å²) >= 11 is 0. The number of hydrogen-bond acceptors (Lipinski definition) is 4. The molecule has 1 saturated heterocycles. The molecule has 2 heterocycles. The number of carbonyl (C=O) groups excluding carboxylic acids is 1. The molecule has 1 aromatic carbocycles. The van der Waals surface area contributed by atoms with E-state index in [1.807, 2.05) is 43.9 Å². The predicted octanol–water partition coefficient (Wildman–Crippen LogP) is 1.83. The third kappa shape index (κ3) is 2.96. The zero-order chi connectivity index (χ0) is 15.7. The molecule has 5 nitrogen and oxygen atoms in total. The Morgan fingerprint density at radius 1 is 1.18 bits per heavy atom. The van der Waals surface area contributed by atoms with Crippen molar-refractivity contribution >= 4 is 11.6 Å². The number of anilines is 1. The summed E-state index contributed by atoms with van der Waals surface area (Å²) in [5.41, 5.74) is 1.21. The molecule has 2 aliphatic rings. The van der Waals surface area contributed by atoms with Crippen LogP contribution in [0, 0.1) is 6.92 Å². The monoisotopic (exact) mass is 304 g/mol. The summed E-state index contributed by atoms with van der Waals surface area (Å²) < 4.78 is 11.3. The van der Waals surface area contributed by atoms with Gasteiger partial charge in [0.1, 0.15) is 5.75 Å². The summed E-state index contributed by atoms with van der Waals surface area (Å²) in [5, 5.41) is 0. The van der Waals surface area contributed by atoms with Gasteiger partial charge in [-0.25, -0.2) is 0 Å². The molecule has 1 fully saturated rings. The molecule has 22 heavy (non-hydrogen) atoms. The molecule has 0 unspecified atom stereocenters. The lowest BCUT2D eigenvalue weighted by molar-refractivity contribution is -0.132. The molecule has 5 heteroatoms. The van der Waals surface area contributed by atoms with Crippen LogP contribution in [0.1, 0.15) is 19.4 Å². The molecule has 0 saturated carbocycles. The first-order valence-electron chi connectivity index (χ1n) is 7.89. The lowest BCUT2D eigenvalue weighted by Gasteiger charge is -2.40. The molecular weight excluding hydrogens is 280 g/mol. The second-order valence-corrected chi connectivity index (χ2v) is 6.49. The normalized spacial score (nSPS) is 21.4. The summed E-state index contributed by atoms with van der Waals surface area (Å²) in [6.07, 6.45) is 0. The van der Waals surface area contributed by atoms with E-state index in [1.54, 1.807) is 0 Å². The quantitative estimate of drug-likeness (QED) is 0.854. The summed E-state index contributed by atoms with van der Waals surface area (Å²) in [4.78, 5) is 17.0. The van der Waals surface area contributed by atoms with Gasteiger partial charge in [0.25, 0.3) is 5.91 Å². The Bertz CT molecular complexity index is 565. The maximum Gasteiger partial charge on any atom is 0.270 e. The van der Waals surface area contributed by atoms with E-state index in [0.29, 0.717) is 6.54 Å². The third-order valence-corrected chi connectivity index (χ3v) is 4.27. The van der Waals surface area contributed by atoms with Gasteiger partial charge in [-0.15, -0.1) is 0 Å². The van der Waals surface area contributed by atoms with Gasteiger partial charge in [0, 0.05) is 26.2 Å². The summed E-state index contributed by atoms with van der Waals surface area (Å²) in [7, 11) is 0. The fourth-order valence-corrected chi connectivity index (χ4v) is 2.97. The van der Waals surface area contributed by atoms with Crippen LogP contribution >= 0.6 is 0 Å². The zero-order valence-corrected chi connectivity index (χ0v) is 13.6. The highest BCUT2D eigenvalue weighted by atomic mass is 16.5. The van der Waals surface area contributed by atoms with Crippen LogP contribution in [0.3, 0.4) is 0 Å². The number of nitrogens with zero attached hydrogens (tertiary/aromatic N) is 2. The van der Waals surface area contributed by atoms with Crippen molar-refractivity contribution in [2.75, 3.05) is 44.3 Å². The number of carbonyl (C=O) groups is 1. The van der Waals surface area contributed by atoms with Crippen LogP contribution in [0.15, 0.2) is 18.2 Å². The Balaban J connectivity index is 1.81. The Morgan fingerprint density at radius 2 is 1.91 bits per heavy atom. The summed E-state index contributed by atoms with van der Waals surface area (Å²) in [6.45, 7) is 10.7. The van der Waals surface area contributed by atoms with Crippen molar-refractivity contribution in [3.8, 4) is 5.75 Å². The van der Waals surface area contributed by atoms with E-state index in [1.165, 1.54) is 0 Å². The number of amides is 1. The molecule has 0 aliphatic carbocycles. The highest BCUT2D eigenvalue weighted by Crippen LogP contribution is 2.38. The topological polar surface area (TPSA) is 42.0 Å². The molecule has 0 atom stereocenters. The lowest BCUT2D eigenvalue weighted by Crippen LogP contribution is -2.54. The van der Waals surface area contributed by atoms with Crippen molar-refractivity contribution in [2.24, 2.45) is 0 Å². The largest absolute Gasteiger partial charge is 0.476 e. The standard InChI is InChI=1S/C17H24N2O3/c1-13-4-5-15-14(12-13)19(16(20)17(2,3)22-15)7-6-18-8-10-21-11-9-18/h4-5,12H,6-11H2,1-3H3. The van der Waals surface area contributed by atoms with E-state index in [-0.39, 0.29) is 5.91 Å². The maximum atomic E-state index is 12.8. The van der Waals surface area contributed by atoms with Crippen molar-refractivity contribution < 1.29 is 14.3 Å². The molecule has 0 aromatic heterocycles. The van der Waals surface area contributed by atoms with E-state index in [9.17, 15) is 4.79 Å². The molecule has 0 bridgehead atoms. The Hall–Kier alpha value is -1.59. The van der Waals surface area contributed by atoms with Crippen molar-refractivity contribution in [3.05, 3.63) is 23.8 Å². The van der Waals surface area contributed by atoms with Gasteiger partial charge in [0.2, 0.25) is 0 Å². The van der Waals surface area contributed by atoms with Crippen molar-refractivity contribution in [3.63, 3.8) is 0 Å². The number of benzene rings is 1. The van der Waals surface area contributed by atoms with Crippen LogP contribution in [-0.2, 0) is 9.53 Å². The number of aryl methyl sites for hydroxylation is 1. The fraction of sp³-hybridized carbons (Fsp3) is 0.588. The number of fused-ring (bicyclic) bond motifs is 1. The minimum atomic E-state index is -0.812. The van der Waals surface area contributed by atoms with Crippen LogP contribution in [0.25, 0.3) is 0 Å². The Kier molecular flexibility index (Phi) is 4.10. The second kappa shape index (κ2) is 5.89. The molecule has 0 spiro atoms. The Labute approximate surface area is 131 Å². The molecule has 3 rings (SSSR count). The SMILES string of the molecule is Cc1ccc2c(c1)N(CCN1CCOCC1)C(=O)C(C)(C)O2. The minimum absolute atomic E-state index is 0.0267. The average Bonchev–Trinajstić information content (AvgIpc) is 2.49. The molecule has 2 aliphatic heterocycles. The second-order valence-electron chi connectivity index (χ2n) is 6.49. The molecule has 1 aromatic rings. The van der Waals surface area contributed by atoms with Crippen molar-refractivity contribution in [1.82, 2.24) is 4.90 Å². The van der Waals surface area contributed by atoms with Gasteiger partial charge in [-0.05, 0) is 38.5 Å². The first-order chi connectivity index (χ1) is 10.5. The van der Waals surface area contributed by atoms with Gasteiger partial charge >= 0.3 is 0 Å². The maximum absolute atomic E-state index is 12.8. The van der Waals surface area contributed by atoms with Crippen LogP contribution in [0.5, 0.6) is 5.75 Å². The van der Waals surface area contributed by atoms with Gasteiger partial charge < -0.3 is 14.4 Å². The zero-order valence-electron chi connectivity index (χ0n) is 13.6. The van der Waals surface area contributed by atoms with Gasteiger partial charge in [-0.3, -0.25) is 9.69 Å². The van der Waals surface area contributed by atoms with E-state index in [2.05, 4.69) is 4.90 Å². The van der Waals surface area contributed by atoms with E-state index >= 15 is 0 Å². The molecular formula is C17H24N2O3. The van der Waals surface area contributed by atoms with E-state index in [4.69, 9.17) is 9.47 Å². The summed E-state index contributed by atoms with van der Waals surface area (Å²) in [5.74, 6) is 0.816. The molecule has 0 radical (unpaired) electrons. The van der Waals surface area contributed by atoms with Crippen LogP contribution in [-0.4, -0.2) is 55.8 Å². The lowest BCUT2D eigenvalue weighted by atomic mass is 10.0. The predicted molar refractivity (Wildman–Crippen MR) is 85.5 cm³/mol. The fourth-order valence-electron chi connectivity index (χ4n) is 2.97. The molecule has 1 amide bonds. The highest BCUT2D eigenvalue weighted by Gasteiger charge is 2.40. The summed E-state index contributed by atoms with van der Waals surface area (Å²) in [6, 6.07) is 6.01. The minimum Gasteiger partial charge on any atom is -0.476 e. The first-order valence-corrected chi connectivity index (χ1v) is 7.89. The molecule has 120 valence electrons. The van der Waals surface area contributed by atoms with Crippen molar-refractivity contribution in [2.45, 2.75) is 26.4 Å². The molecule has 0 N–H and O–H groups in total. The average molecular weight is 304 g/mol. The van der Waals surface area contributed by atoms with Crippen molar-refractivity contribution in [1.29, 1.82) is 0 Å². The Morgan fingerprint density at radius 3 is 2.64 bits per heavy atom. The van der Waals surface area contributed by atoms with Crippen LogP contribution in [0.4, 0.5) is 5.69 Å².